The number of thiazole rings is 1. The van der Waals surface area contributed by atoms with Crippen LogP contribution < -0.4 is 5.73 Å². The average Bonchev–Trinajstić information content (AvgIpc) is 3.59. The summed E-state index contributed by atoms with van der Waals surface area (Å²) < 4.78 is 20.3. The number of halogens is 2. The zero-order chi connectivity index (χ0) is 25.4. The highest BCUT2D eigenvalue weighted by Gasteiger charge is 2.38. The molecule has 2 aromatic carbocycles. The number of hydrogen-bond donors (Lipinski definition) is 1. The van der Waals surface area contributed by atoms with Crippen LogP contribution in [0.15, 0.2) is 58.3 Å². The van der Waals surface area contributed by atoms with Crippen molar-refractivity contribution in [2.45, 2.75) is 44.4 Å². The molecule has 1 aliphatic rings. The Morgan fingerprint density at radius 3 is 2.78 bits per heavy atom. The summed E-state index contributed by atoms with van der Waals surface area (Å²) in [6.07, 6.45) is -0.387. The number of nitrogens with two attached hydrogens (primary N) is 1. The van der Waals surface area contributed by atoms with Crippen molar-refractivity contribution in [1.82, 2.24) is 20.1 Å². The molecule has 4 aromatic rings. The van der Waals surface area contributed by atoms with Gasteiger partial charge in [0.1, 0.15) is 11.2 Å². The Morgan fingerprint density at radius 2 is 2.06 bits per heavy atom. The van der Waals surface area contributed by atoms with Crippen LogP contribution in [0.1, 0.15) is 51.9 Å². The van der Waals surface area contributed by atoms with Gasteiger partial charge in [-0.2, -0.15) is 0 Å². The van der Waals surface area contributed by atoms with Crippen LogP contribution in [0.3, 0.4) is 0 Å². The van der Waals surface area contributed by atoms with E-state index in [0.717, 1.165) is 16.3 Å². The molecule has 0 aliphatic carbocycles. The molecular weight excluding hydrogens is 501 g/mol. The first-order chi connectivity index (χ1) is 17.2. The van der Waals surface area contributed by atoms with Crippen molar-refractivity contribution >= 4 is 28.8 Å². The summed E-state index contributed by atoms with van der Waals surface area (Å²) >= 11 is 7.88. The molecule has 7 nitrogen and oxygen atoms in total. The van der Waals surface area contributed by atoms with E-state index in [1.54, 1.807) is 18.2 Å². The summed E-state index contributed by atoms with van der Waals surface area (Å²) in [5.41, 5.74) is 8.26. The van der Waals surface area contributed by atoms with E-state index in [-0.39, 0.29) is 30.7 Å². The van der Waals surface area contributed by atoms with E-state index in [4.69, 9.17) is 21.8 Å². The van der Waals surface area contributed by atoms with E-state index in [1.165, 1.54) is 16.2 Å². The maximum Gasteiger partial charge on any atom is 0.254 e. The SMILES string of the molecule is Cc1csc([C@H]2C[C@H](F)CN2C(=O)c2ccc(Cl)c(-c3nnc([C@@](C)(N)Cc4ccccc4)o3)c2)n1. The monoisotopic (exact) mass is 525 g/mol. The molecule has 186 valence electrons. The first-order valence-electron chi connectivity index (χ1n) is 11.5. The molecule has 2 N–H and O–H groups in total. The minimum absolute atomic E-state index is 0.00973. The lowest BCUT2D eigenvalue weighted by molar-refractivity contribution is 0.0728. The number of aromatic nitrogens is 3. The molecule has 1 aliphatic heterocycles. The lowest BCUT2D eigenvalue weighted by Crippen LogP contribution is -2.35. The molecule has 0 radical (unpaired) electrons. The predicted molar refractivity (Wildman–Crippen MR) is 137 cm³/mol. The second-order valence-electron chi connectivity index (χ2n) is 9.32. The summed E-state index contributed by atoms with van der Waals surface area (Å²) in [7, 11) is 0. The van der Waals surface area contributed by atoms with Crippen molar-refractivity contribution in [3.05, 3.63) is 86.7 Å². The number of amides is 1. The lowest BCUT2D eigenvalue weighted by Gasteiger charge is -2.23. The number of alkyl halides is 1. The second-order valence-corrected chi connectivity index (χ2v) is 10.6. The van der Waals surface area contributed by atoms with E-state index in [2.05, 4.69) is 15.2 Å². The predicted octanol–water partition coefficient (Wildman–Crippen LogP) is 5.50. The molecular formula is C26H25ClFN5O2S. The van der Waals surface area contributed by atoms with Crippen molar-refractivity contribution in [2.75, 3.05) is 6.54 Å². The minimum Gasteiger partial charge on any atom is -0.419 e. The molecule has 1 fully saturated rings. The first kappa shape index (κ1) is 24.5. The summed E-state index contributed by atoms with van der Waals surface area (Å²) in [4.78, 5) is 19.5. The number of carbonyl (C=O) groups excluding carboxylic acids is 1. The number of aryl methyl sites for hydroxylation is 1. The van der Waals surface area contributed by atoms with Crippen molar-refractivity contribution < 1.29 is 13.6 Å². The maximum absolute atomic E-state index is 14.4. The number of benzene rings is 2. The molecule has 0 unspecified atom stereocenters. The van der Waals surface area contributed by atoms with Gasteiger partial charge in [0, 0.05) is 23.1 Å². The van der Waals surface area contributed by atoms with E-state index < -0.39 is 17.8 Å². The van der Waals surface area contributed by atoms with Gasteiger partial charge in [0.05, 0.1) is 28.7 Å². The molecule has 0 bridgehead atoms. The molecule has 1 amide bonds. The fourth-order valence-corrected chi connectivity index (χ4v) is 5.53. The Bertz CT molecular complexity index is 1390. The highest BCUT2D eigenvalue weighted by atomic mass is 35.5. The minimum atomic E-state index is -1.11. The van der Waals surface area contributed by atoms with Gasteiger partial charge in [0.25, 0.3) is 5.91 Å². The third kappa shape index (κ3) is 4.91. The van der Waals surface area contributed by atoms with Crippen molar-refractivity contribution in [2.24, 2.45) is 5.73 Å². The quantitative estimate of drug-likeness (QED) is 0.357. The fraction of sp³-hybridized carbons (Fsp3) is 0.308. The highest BCUT2D eigenvalue weighted by Crippen LogP contribution is 2.37. The average molecular weight is 526 g/mol. The van der Waals surface area contributed by atoms with Gasteiger partial charge in [-0.25, -0.2) is 9.37 Å². The molecule has 10 heteroatoms. The fourth-order valence-electron chi connectivity index (χ4n) is 4.41. The van der Waals surface area contributed by atoms with Gasteiger partial charge in [-0.15, -0.1) is 21.5 Å². The Kier molecular flexibility index (Phi) is 6.63. The van der Waals surface area contributed by atoms with Crippen LogP contribution in [0.25, 0.3) is 11.5 Å². The normalized spacial score (nSPS) is 19.4. The molecule has 1 saturated heterocycles. The van der Waals surface area contributed by atoms with Gasteiger partial charge in [-0.3, -0.25) is 4.79 Å². The van der Waals surface area contributed by atoms with Crippen molar-refractivity contribution in [3.63, 3.8) is 0 Å². The van der Waals surface area contributed by atoms with Gasteiger partial charge >= 0.3 is 0 Å². The third-order valence-corrected chi connectivity index (χ3v) is 7.60. The van der Waals surface area contributed by atoms with Crippen molar-refractivity contribution in [3.8, 4) is 11.5 Å². The van der Waals surface area contributed by atoms with Crippen LogP contribution in [0.5, 0.6) is 0 Å². The lowest BCUT2D eigenvalue weighted by atomic mass is 9.94. The van der Waals surface area contributed by atoms with Gasteiger partial charge < -0.3 is 15.1 Å². The highest BCUT2D eigenvalue weighted by molar-refractivity contribution is 7.09. The van der Waals surface area contributed by atoms with Crippen LogP contribution in [0.4, 0.5) is 4.39 Å². The van der Waals surface area contributed by atoms with E-state index >= 15 is 0 Å². The van der Waals surface area contributed by atoms with E-state index in [0.29, 0.717) is 22.6 Å². The van der Waals surface area contributed by atoms with Crippen molar-refractivity contribution in [1.29, 1.82) is 0 Å². The number of carbonyl (C=O) groups is 1. The molecule has 3 atom stereocenters. The molecule has 2 aromatic heterocycles. The second kappa shape index (κ2) is 9.72. The first-order valence-corrected chi connectivity index (χ1v) is 12.8. The van der Waals surface area contributed by atoms with Crippen LogP contribution in [-0.4, -0.2) is 38.7 Å². The summed E-state index contributed by atoms with van der Waals surface area (Å²) in [5.74, 6) is 0.109. The largest absolute Gasteiger partial charge is 0.419 e. The van der Waals surface area contributed by atoms with Gasteiger partial charge in [-0.05, 0) is 44.0 Å². The number of nitrogens with zero attached hydrogens (tertiary/aromatic N) is 4. The smallest absolute Gasteiger partial charge is 0.254 e. The van der Waals surface area contributed by atoms with Gasteiger partial charge in [0.2, 0.25) is 11.8 Å². The standard InChI is InChI=1S/C26H25ClFN5O2S/c1-15-14-36-23(30-15)21-11-18(28)13-33(21)24(34)17-8-9-20(27)19(10-17)22-31-32-25(35-22)26(2,29)12-16-6-4-3-5-7-16/h3-10,14,18,21H,11-13,29H2,1-2H3/t18-,21+,26-/m0/s1. The van der Waals surface area contributed by atoms with Crippen LogP contribution >= 0.6 is 22.9 Å². The Labute approximate surface area is 217 Å². The zero-order valence-corrected chi connectivity index (χ0v) is 21.4. The molecule has 0 spiro atoms. The Morgan fingerprint density at radius 1 is 1.28 bits per heavy atom. The Hall–Kier alpha value is -3.14. The molecule has 3 heterocycles. The molecule has 36 heavy (non-hydrogen) atoms. The third-order valence-electron chi connectivity index (χ3n) is 6.20. The van der Waals surface area contributed by atoms with Crippen LogP contribution in [0, 0.1) is 6.92 Å². The summed E-state index contributed by atoms with van der Waals surface area (Å²) in [6.45, 7) is 3.71. The zero-order valence-electron chi connectivity index (χ0n) is 19.8. The van der Waals surface area contributed by atoms with E-state index in [1.807, 2.05) is 49.6 Å². The Balaban J connectivity index is 1.41. The van der Waals surface area contributed by atoms with Crippen LogP contribution in [0.2, 0.25) is 5.02 Å². The number of hydrogen-bond acceptors (Lipinski definition) is 7. The van der Waals surface area contributed by atoms with Gasteiger partial charge in [-0.1, -0.05) is 41.9 Å². The summed E-state index contributed by atoms with van der Waals surface area (Å²) in [5, 5.41) is 11.3. The number of likely N-dealkylation sites (tertiary alicyclic amines) is 1. The van der Waals surface area contributed by atoms with Gasteiger partial charge in [0.15, 0.2) is 0 Å². The van der Waals surface area contributed by atoms with Crippen LogP contribution in [-0.2, 0) is 12.0 Å². The maximum atomic E-state index is 14.4. The topological polar surface area (TPSA) is 98.1 Å². The van der Waals surface area contributed by atoms with E-state index in [9.17, 15) is 9.18 Å². The number of rotatable bonds is 6. The molecule has 5 rings (SSSR count). The molecule has 0 saturated carbocycles. The summed E-state index contributed by atoms with van der Waals surface area (Å²) in [6, 6.07) is 14.2.